The average Bonchev–Trinajstić information content (AvgIpc) is 2.27. The SMILES string of the molecule is CCNCC1CCN(CCNC(C)=O)CC1. The highest BCUT2D eigenvalue weighted by Gasteiger charge is 2.18. The number of likely N-dealkylation sites (tertiary alicyclic amines) is 1. The van der Waals surface area contributed by atoms with E-state index >= 15 is 0 Å². The molecule has 1 aliphatic rings. The summed E-state index contributed by atoms with van der Waals surface area (Å²) in [5.74, 6) is 0.916. The van der Waals surface area contributed by atoms with Crippen molar-refractivity contribution in [3.05, 3.63) is 0 Å². The lowest BCUT2D eigenvalue weighted by atomic mass is 9.97. The van der Waals surface area contributed by atoms with Gasteiger partial charge < -0.3 is 15.5 Å². The summed E-state index contributed by atoms with van der Waals surface area (Å²) >= 11 is 0. The van der Waals surface area contributed by atoms with Crippen LogP contribution in [0.2, 0.25) is 0 Å². The van der Waals surface area contributed by atoms with E-state index in [0.29, 0.717) is 0 Å². The van der Waals surface area contributed by atoms with Gasteiger partial charge in [0, 0.05) is 20.0 Å². The second-order valence-electron chi connectivity index (χ2n) is 4.58. The molecule has 1 aliphatic heterocycles. The molecule has 94 valence electrons. The number of carbonyl (C=O) groups is 1. The minimum absolute atomic E-state index is 0.0713. The van der Waals surface area contributed by atoms with E-state index in [0.717, 1.165) is 32.1 Å². The van der Waals surface area contributed by atoms with E-state index in [1.807, 2.05) is 0 Å². The highest BCUT2D eigenvalue weighted by molar-refractivity contribution is 5.72. The van der Waals surface area contributed by atoms with Crippen LogP contribution in [-0.2, 0) is 4.79 Å². The molecule has 0 aromatic rings. The monoisotopic (exact) mass is 227 g/mol. The summed E-state index contributed by atoms with van der Waals surface area (Å²) in [6.07, 6.45) is 2.57. The maximum absolute atomic E-state index is 10.7. The third kappa shape index (κ3) is 5.47. The van der Waals surface area contributed by atoms with Crippen molar-refractivity contribution in [1.29, 1.82) is 0 Å². The lowest BCUT2D eigenvalue weighted by Gasteiger charge is -2.31. The zero-order chi connectivity index (χ0) is 11.8. The molecule has 1 amide bonds. The van der Waals surface area contributed by atoms with Gasteiger partial charge in [0.1, 0.15) is 0 Å². The number of carbonyl (C=O) groups excluding carboxylic acids is 1. The molecule has 4 heteroatoms. The maximum atomic E-state index is 10.7. The van der Waals surface area contributed by atoms with Gasteiger partial charge in [-0.15, -0.1) is 0 Å². The Hall–Kier alpha value is -0.610. The smallest absolute Gasteiger partial charge is 0.216 e. The molecule has 1 heterocycles. The van der Waals surface area contributed by atoms with E-state index in [1.165, 1.54) is 25.9 Å². The van der Waals surface area contributed by atoms with Crippen molar-refractivity contribution in [2.75, 3.05) is 39.3 Å². The van der Waals surface area contributed by atoms with Crippen LogP contribution < -0.4 is 10.6 Å². The minimum atomic E-state index is 0.0713. The maximum Gasteiger partial charge on any atom is 0.216 e. The molecule has 0 spiro atoms. The molecule has 0 bridgehead atoms. The third-order valence-corrected chi connectivity index (χ3v) is 3.19. The van der Waals surface area contributed by atoms with Gasteiger partial charge in [-0.3, -0.25) is 4.79 Å². The van der Waals surface area contributed by atoms with E-state index in [1.54, 1.807) is 6.92 Å². The van der Waals surface area contributed by atoms with Crippen molar-refractivity contribution in [3.63, 3.8) is 0 Å². The van der Waals surface area contributed by atoms with Crippen LogP contribution in [0.1, 0.15) is 26.7 Å². The summed E-state index contributed by atoms with van der Waals surface area (Å²) in [4.78, 5) is 13.2. The fourth-order valence-electron chi connectivity index (χ4n) is 2.15. The first-order valence-electron chi connectivity index (χ1n) is 6.40. The molecule has 16 heavy (non-hydrogen) atoms. The van der Waals surface area contributed by atoms with Crippen LogP contribution in [0.5, 0.6) is 0 Å². The molecule has 1 saturated heterocycles. The first kappa shape index (κ1) is 13.5. The normalized spacial score (nSPS) is 18.6. The van der Waals surface area contributed by atoms with E-state index in [9.17, 15) is 4.79 Å². The summed E-state index contributed by atoms with van der Waals surface area (Å²) in [6, 6.07) is 0. The van der Waals surface area contributed by atoms with Crippen LogP contribution in [0, 0.1) is 5.92 Å². The van der Waals surface area contributed by atoms with Crippen LogP contribution in [0.4, 0.5) is 0 Å². The molecule has 0 radical (unpaired) electrons. The number of hydrogen-bond acceptors (Lipinski definition) is 3. The zero-order valence-corrected chi connectivity index (χ0v) is 10.6. The van der Waals surface area contributed by atoms with Crippen LogP contribution >= 0.6 is 0 Å². The van der Waals surface area contributed by atoms with Gasteiger partial charge in [-0.2, -0.15) is 0 Å². The van der Waals surface area contributed by atoms with Gasteiger partial charge in [0.05, 0.1) is 0 Å². The van der Waals surface area contributed by atoms with Crippen LogP contribution in [-0.4, -0.2) is 50.1 Å². The van der Waals surface area contributed by atoms with Crippen LogP contribution in [0.3, 0.4) is 0 Å². The Morgan fingerprint density at radius 3 is 2.62 bits per heavy atom. The molecule has 4 nitrogen and oxygen atoms in total. The molecule has 0 aromatic carbocycles. The van der Waals surface area contributed by atoms with Crippen molar-refractivity contribution in [2.24, 2.45) is 5.92 Å². The highest BCUT2D eigenvalue weighted by Crippen LogP contribution is 2.15. The van der Waals surface area contributed by atoms with Crippen LogP contribution in [0.25, 0.3) is 0 Å². The summed E-state index contributed by atoms with van der Waals surface area (Å²) in [5.41, 5.74) is 0. The summed E-state index contributed by atoms with van der Waals surface area (Å²) < 4.78 is 0. The Balaban J connectivity index is 2.05. The lowest BCUT2D eigenvalue weighted by molar-refractivity contribution is -0.119. The Kier molecular flexibility index (Phi) is 6.42. The average molecular weight is 227 g/mol. The highest BCUT2D eigenvalue weighted by atomic mass is 16.1. The summed E-state index contributed by atoms with van der Waals surface area (Å²) in [5, 5.41) is 6.26. The Bertz CT molecular complexity index is 200. The molecule has 1 rings (SSSR count). The number of amides is 1. The number of nitrogens with one attached hydrogen (secondary N) is 2. The van der Waals surface area contributed by atoms with E-state index in [4.69, 9.17) is 0 Å². The first-order chi connectivity index (χ1) is 7.72. The molecule has 2 N–H and O–H groups in total. The van der Waals surface area contributed by atoms with Crippen molar-refractivity contribution >= 4 is 5.91 Å². The first-order valence-corrected chi connectivity index (χ1v) is 6.40. The van der Waals surface area contributed by atoms with Gasteiger partial charge in [-0.05, 0) is 44.9 Å². The van der Waals surface area contributed by atoms with Crippen molar-refractivity contribution < 1.29 is 4.79 Å². The summed E-state index contributed by atoms with van der Waals surface area (Å²) in [6.45, 7) is 10.1. The Morgan fingerprint density at radius 2 is 2.06 bits per heavy atom. The molecule has 0 aliphatic carbocycles. The molecule has 0 aromatic heterocycles. The van der Waals surface area contributed by atoms with Crippen LogP contribution in [0.15, 0.2) is 0 Å². The Morgan fingerprint density at radius 1 is 1.38 bits per heavy atom. The standard InChI is InChI=1S/C12H25N3O/c1-3-13-10-12-4-7-15(8-5-12)9-6-14-11(2)16/h12-13H,3-10H2,1-2H3,(H,14,16). The number of rotatable bonds is 6. The summed E-state index contributed by atoms with van der Waals surface area (Å²) in [7, 11) is 0. The van der Waals surface area contributed by atoms with Gasteiger partial charge in [0.25, 0.3) is 0 Å². The topological polar surface area (TPSA) is 44.4 Å². The van der Waals surface area contributed by atoms with Gasteiger partial charge in [-0.1, -0.05) is 6.92 Å². The fraction of sp³-hybridized carbons (Fsp3) is 0.917. The van der Waals surface area contributed by atoms with Gasteiger partial charge >= 0.3 is 0 Å². The van der Waals surface area contributed by atoms with Crippen molar-refractivity contribution in [2.45, 2.75) is 26.7 Å². The fourth-order valence-corrected chi connectivity index (χ4v) is 2.15. The lowest BCUT2D eigenvalue weighted by Crippen LogP contribution is -2.41. The quantitative estimate of drug-likeness (QED) is 0.692. The molecular weight excluding hydrogens is 202 g/mol. The molecule has 0 saturated carbocycles. The third-order valence-electron chi connectivity index (χ3n) is 3.19. The second kappa shape index (κ2) is 7.63. The van der Waals surface area contributed by atoms with Crippen molar-refractivity contribution in [1.82, 2.24) is 15.5 Å². The number of piperidine rings is 1. The molecule has 0 atom stereocenters. The number of nitrogens with zero attached hydrogens (tertiary/aromatic N) is 1. The predicted molar refractivity (Wildman–Crippen MR) is 66.4 cm³/mol. The Labute approximate surface area is 98.8 Å². The number of hydrogen-bond donors (Lipinski definition) is 2. The molecule has 1 fully saturated rings. The van der Waals surface area contributed by atoms with E-state index < -0.39 is 0 Å². The van der Waals surface area contributed by atoms with Gasteiger partial charge in [0.2, 0.25) is 5.91 Å². The minimum Gasteiger partial charge on any atom is -0.355 e. The van der Waals surface area contributed by atoms with E-state index in [2.05, 4.69) is 22.5 Å². The molecule has 0 unspecified atom stereocenters. The van der Waals surface area contributed by atoms with E-state index in [-0.39, 0.29) is 5.91 Å². The second-order valence-corrected chi connectivity index (χ2v) is 4.58. The molecular formula is C12H25N3O. The predicted octanol–water partition coefficient (Wildman–Crippen LogP) is 0.444. The van der Waals surface area contributed by atoms with Crippen molar-refractivity contribution in [3.8, 4) is 0 Å². The van der Waals surface area contributed by atoms with Gasteiger partial charge in [0.15, 0.2) is 0 Å². The van der Waals surface area contributed by atoms with Gasteiger partial charge in [-0.25, -0.2) is 0 Å². The zero-order valence-electron chi connectivity index (χ0n) is 10.6. The largest absolute Gasteiger partial charge is 0.355 e.